The summed E-state index contributed by atoms with van der Waals surface area (Å²) in [6.45, 7) is 31.3. The molecule has 0 aliphatic heterocycles. The van der Waals surface area contributed by atoms with Gasteiger partial charge in [0.25, 0.3) is 0 Å². The van der Waals surface area contributed by atoms with E-state index in [9.17, 15) is 0 Å². The number of para-hydroxylation sites is 1. The van der Waals surface area contributed by atoms with Gasteiger partial charge in [-0.05, 0) is 70.1 Å². The van der Waals surface area contributed by atoms with Crippen LogP contribution in [0, 0.1) is 10.8 Å². The number of rotatable bonds is 10. The van der Waals surface area contributed by atoms with Gasteiger partial charge in [-0.15, -0.1) is 0 Å². The minimum absolute atomic E-state index is 0.215. The van der Waals surface area contributed by atoms with E-state index in [4.69, 9.17) is 14.3 Å². The van der Waals surface area contributed by atoms with Gasteiger partial charge >= 0.3 is 0 Å². The Morgan fingerprint density at radius 2 is 1.00 bits per heavy atom. The summed E-state index contributed by atoms with van der Waals surface area (Å²) >= 11 is 0. The number of ether oxygens (including phenoxy) is 2. The van der Waals surface area contributed by atoms with Crippen molar-refractivity contribution < 1.29 is 14.3 Å². The highest BCUT2D eigenvalue weighted by Crippen LogP contribution is 2.09. The van der Waals surface area contributed by atoms with Crippen LogP contribution in [-0.2, 0) is 16.0 Å². The molecule has 0 amide bonds. The maximum atomic E-state index is 5.46. The average Bonchev–Trinajstić information content (AvgIpc) is 2.83. The minimum Gasteiger partial charge on any atom is -0.373 e. The molecule has 2 aromatic carbocycles. The van der Waals surface area contributed by atoms with Crippen molar-refractivity contribution in [2.24, 2.45) is 21.0 Å². The second kappa shape index (κ2) is 22.2. The van der Waals surface area contributed by atoms with Crippen LogP contribution in [0.1, 0.15) is 102 Å². The van der Waals surface area contributed by atoms with Crippen LogP contribution in [0.3, 0.4) is 0 Å². The fourth-order valence-electron chi connectivity index (χ4n) is 2.07. The van der Waals surface area contributed by atoms with E-state index in [1.807, 2.05) is 90.1 Å². The molecule has 40 heavy (non-hydrogen) atoms. The first-order chi connectivity index (χ1) is 18.4. The molecular formula is C35H60N2O3. The molecular weight excluding hydrogens is 496 g/mol. The van der Waals surface area contributed by atoms with Crippen molar-refractivity contribution in [3.8, 4) is 5.75 Å². The van der Waals surface area contributed by atoms with Crippen molar-refractivity contribution in [3.05, 3.63) is 66.2 Å². The van der Waals surface area contributed by atoms with E-state index in [1.54, 1.807) is 0 Å². The van der Waals surface area contributed by atoms with Gasteiger partial charge in [-0.3, -0.25) is 4.99 Å². The van der Waals surface area contributed by atoms with Gasteiger partial charge in [0.2, 0.25) is 0 Å². The van der Waals surface area contributed by atoms with Crippen LogP contribution < -0.4 is 4.84 Å². The third kappa shape index (κ3) is 37.7. The molecule has 0 fully saturated rings. The van der Waals surface area contributed by atoms with Crippen LogP contribution in [0.25, 0.3) is 0 Å². The zero-order valence-electron chi connectivity index (χ0n) is 28.2. The Morgan fingerprint density at radius 3 is 1.40 bits per heavy atom. The molecule has 0 atom stereocenters. The molecule has 0 bridgehead atoms. The summed E-state index contributed by atoms with van der Waals surface area (Å²) in [4.78, 5) is 9.67. The number of nitrogens with zero attached hydrogens (tertiary/aromatic N) is 2. The predicted octanol–water partition coefficient (Wildman–Crippen LogP) is 10.0. The number of benzene rings is 2. The van der Waals surface area contributed by atoms with Gasteiger partial charge in [-0.1, -0.05) is 109 Å². The molecule has 2 aromatic rings. The first-order valence-corrected chi connectivity index (χ1v) is 14.4. The summed E-state index contributed by atoms with van der Waals surface area (Å²) in [7, 11) is 0. The summed E-state index contributed by atoms with van der Waals surface area (Å²) in [5.74, 6) is 0.737. The first-order valence-electron chi connectivity index (χ1n) is 14.4. The number of hydrogen-bond donors (Lipinski definition) is 0. The molecule has 5 nitrogen and oxygen atoms in total. The molecule has 0 unspecified atom stereocenters. The Hall–Kier alpha value is -2.50. The third-order valence-electron chi connectivity index (χ3n) is 3.68. The smallest absolute Gasteiger partial charge is 0.157 e. The maximum absolute atomic E-state index is 5.46. The van der Waals surface area contributed by atoms with Crippen LogP contribution in [0.4, 0.5) is 0 Å². The fourth-order valence-corrected chi connectivity index (χ4v) is 2.07. The Bertz CT molecular complexity index is 818. The van der Waals surface area contributed by atoms with Crippen molar-refractivity contribution in [1.29, 1.82) is 0 Å². The van der Waals surface area contributed by atoms with E-state index in [1.165, 1.54) is 5.56 Å². The van der Waals surface area contributed by atoms with Crippen molar-refractivity contribution in [3.63, 3.8) is 0 Å². The first kappa shape index (κ1) is 39.6. The molecule has 0 aliphatic rings. The Balaban J connectivity index is 0. The van der Waals surface area contributed by atoms with E-state index in [2.05, 4.69) is 77.7 Å². The molecule has 0 saturated heterocycles. The lowest BCUT2D eigenvalue weighted by atomic mass is 10.0. The van der Waals surface area contributed by atoms with E-state index < -0.39 is 0 Å². The summed E-state index contributed by atoms with van der Waals surface area (Å²) in [5.41, 5.74) is 4.11. The molecule has 0 spiro atoms. The van der Waals surface area contributed by atoms with Gasteiger partial charge < -0.3 is 14.3 Å². The van der Waals surface area contributed by atoms with Gasteiger partial charge in [0.15, 0.2) is 5.75 Å². The lowest BCUT2D eigenvalue weighted by Gasteiger charge is -2.06. The summed E-state index contributed by atoms with van der Waals surface area (Å²) in [6.07, 6.45) is 0.485. The topological polar surface area (TPSA) is 52.4 Å². The van der Waals surface area contributed by atoms with Gasteiger partial charge in [0.1, 0.15) is 0 Å². The Morgan fingerprint density at radius 1 is 0.625 bits per heavy atom. The number of oxime groups is 1. The molecule has 0 aromatic heterocycles. The quantitative estimate of drug-likeness (QED) is 0.216. The number of hydrogen-bond acceptors (Lipinski definition) is 5. The van der Waals surface area contributed by atoms with E-state index in [-0.39, 0.29) is 12.2 Å². The van der Waals surface area contributed by atoms with Crippen LogP contribution in [-0.4, -0.2) is 36.8 Å². The monoisotopic (exact) mass is 556 g/mol. The molecule has 0 saturated carbocycles. The third-order valence-corrected chi connectivity index (χ3v) is 3.68. The highest BCUT2D eigenvalue weighted by atomic mass is 16.6. The second-order valence-corrected chi connectivity index (χ2v) is 13.5. The zero-order valence-corrected chi connectivity index (χ0v) is 28.2. The highest BCUT2D eigenvalue weighted by molar-refractivity contribution is 5.83. The van der Waals surface area contributed by atoms with E-state index in [0.29, 0.717) is 24.0 Å². The predicted molar refractivity (Wildman–Crippen MR) is 176 cm³/mol. The minimum atomic E-state index is 0.215. The van der Waals surface area contributed by atoms with Crippen molar-refractivity contribution in [1.82, 2.24) is 0 Å². The summed E-state index contributed by atoms with van der Waals surface area (Å²) in [5, 5.41) is 3.96. The van der Waals surface area contributed by atoms with Gasteiger partial charge in [-0.25, -0.2) is 0 Å². The van der Waals surface area contributed by atoms with Crippen molar-refractivity contribution in [2.45, 2.75) is 116 Å². The molecule has 0 aliphatic carbocycles. The maximum Gasteiger partial charge on any atom is 0.157 e. The van der Waals surface area contributed by atoms with Crippen LogP contribution in [0.5, 0.6) is 5.75 Å². The van der Waals surface area contributed by atoms with Crippen molar-refractivity contribution >= 4 is 11.4 Å². The molecule has 0 heterocycles. The van der Waals surface area contributed by atoms with Crippen LogP contribution in [0.2, 0.25) is 0 Å². The van der Waals surface area contributed by atoms with Crippen molar-refractivity contribution in [2.75, 3.05) is 13.2 Å². The van der Waals surface area contributed by atoms with Crippen LogP contribution in [0.15, 0.2) is 70.8 Å². The van der Waals surface area contributed by atoms with E-state index >= 15 is 0 Å². The largest absolute Gasteiger partial charge is 0.373 e. The van der Waals surface area contributed by atoms with Crippen LogP contribution >= 0.6 is 0 Å². The number of aliphatic imine (C=N–C) groups is 1. The molecule has 0 radical (unpaired) electrons. The lowest BCUT2D eigenvalue weighted by Crippen LogP contribution is -2.11. The summed E-state index contributed by atoms with van der Waals surface area (Å²) in [6, 6.07) is 19.7. The Labute approximate surface area is 247 Å². The molecule has 0 N–H and O–H groups in total. The second-order valence-electron chi connectivity index (χ2n) is 13.5. The highest BCUT2D eigenvalue weighted by Gasteiger charge is 1.98. The van der Waals surface area contributed by atoms with Gasteiger partial charge in [-0.2, -0.15) is 0 Å². The summed E-state index contributed by atoms with van der Waals surface area (Å²) < 4.78 is 10.8. The zero-order chi connectivity index (χ0) is 31.2. The van der Waals surface area contributed by atoms with E-state index in [0.717, 1.165) is 23.7 Å². The molecule has 228 valence electrons. The Kier molecular flexibility index (Phi) is 22.0. The molecule has 2 rings (SSSR count). The fraction of sp³-hybridized carbons (Fsp3) is 0.600. The standard InChI is InChI=1S/C13H19NO.C12H17NO2.2C5H12/c1-11(2)15-10-12(3)14-9-13-7-5-4-6-8-13;1-10(2)14-9-11(3)13-15-12-7-5-4-6-8-12;2*1-5(2,3)4/h4-8,11H,9-10H2,1-3H3;4-8,10H,9H2,1-3H3;2*1-4H3/b;13-11+;;. The normalized spacial score (nSPS) is 12.0. The lowest BCUT2D eigenvalue weighted by molar-refractivity contribution is 0.109. The molecule has 5 heteroatoms. The SMILES string of the molecule is C/C(COC(C)C)=N\Oc1ccccc1.CC(C)(C)C.CC(C)(C)C.CC(COC(C)C)=NCc1ccccc1. The van der Waals surface area contributed by atoms with Gasteiger partial charge in [0, 0.05) is 5.71 Å². The average molecular weight is 557 g/mol. The van der Waals surface area contributed by atoms with Gasteiger partial charge in [0.05, 0.1) is 37.7 Å².